The van der Waals surface area contributed by atoms with Gasteiger partial charge in [0.2, 0.25) is 5.91 Å². The molecule has 0 saturated heterocycles. The Morgan fingerprint density at radius 2 is 2.10 bits per heavy atom. The van der Waals surface area contributed by atoms with E-state index in [1.807, 2.05) is 23.6 Å². The molecule has 0 fully saturated rings. The summed E-state index contributed by atoms with van der Waals surface area (Å²) in [4.78, 5) is 12.9. The van der Waals surface area contributed by atoms with Gasteiger partial charge in [-0.05, 0) is 23.8 Å². The maximum absolute atomic E-state index is 11.9. The Hall–Kier alpha value is -1.80. The van der Waals surface area contributed by atoms with Crippen LogP contribution in [0.3, 0.4) is 0 Å². The lowest BCUT2D eigenvalue weighted by atomic mass is 10.1. The first kappa shape index (κ1) is 15.6. The van der Waals surface area contributed by atoms with Gasteiger partial charge in [-0.25, -0.2) is 0 Å². The molecule has 21 heavy (non-hydrogen) atoms. The number of carbonyl (C=O) groups excluding carboxylic acids is 1. The largest absolute Gasteiger partial charge is 0.351 e. The van der Waals surface area contributed by atoms with Gasteiger partial charge in [0.15, 0.2) is 0 Å². The zero-order chi connectivity index (χ0) is 15.1. The maximum Gasteiger partial charge on any atom is 0.224 e. The molecule has 1 aromatic carbocycles. The lowest BCUT2D eigenvalue weighted by Crippen LogP contribution is -2.24. The molecular formula is C16H15ClN2OS. The highest BCUT2D eigenvalue weighted by atomic mass is 35.5. The van der Waals surface area contributed by atoms with E-state index < -0.39 is 0 Å². The van der Waals surface area contributed by atoms with Gasteiger partial charge in [-0.2, -0.15) is 0 Å². The van der Waals surface area contributed by atoms with Crippen LogP contribution in [0, 0.1) is 11.8 Å². The van der Waals surface area contributed by atoms with E-state index in [0.29, 0.717) is 24.5 Å². The van der Waals surface area contributed by atoms with Gasteiger partial charge in [-0.1, -0.05) is 35.6 Å². The average molecular weight is 319 g/mol. The molecule has 0 atom stereocenters. The first-order valence-electron chi connectivity index (χ1n) is 6.45. The van der Waals surface area contributed by atoms with Crippen molar-refractivity contribution in [2.75, 3.05) is 6.54 Å². The highest BCUT2D eigenvalue weighted by molar-refractivity contribution is 7.10. The van der Waals surface area contributed by atoms with Crippen LogP contribution < -0.4 is 11.1 Å². The Bertz CT molecular complexity index is 668. The van der Waals surface area contributed by atoms with Crippen molar-refractivity contribution in [3.8, 4) is 11.8 Å². The summed E-state index contributed by atoms with van der Waals surface area (Å²) in [6.45, 7) is 0.865. The van der Waals surface area contributed by atoms with E-state index in [0.717, 1.165) is 16.0 Å². The minimum Gasteiger partial charge on any atom is -0.351 e. The number of carbonyl (C=O) groups is 1. The Balaban J connectivity index is 1.83. The number of amides is 1. The molecular weight excluding hydrogens is 304 g/mol. The van der Waals surface area contributed by atoms with E-state index in [9.17, 15) is 4.79 Å². The fraction of sp³-hybridized carbons (Fsp3) is 0.188. The topological polar surface area (TPSA) is 55.1 Å². The summed E-state index contributed by atoms with van der Waals surface area (Å²) in [5, 5.41) is 5.53. The van der Waals surface area contributed by atoms with Crippen molar-refractivity contribution in [2.45, 2.75) is 13.0 Å². The van der Waals surface area contributed by atoms with Crippen molar-refractivity contribution in [1.82, 2.24) is 5.32 Å². The fourth-order valence-electron chi connectivity index (χ4n) is 1.73. The third-order valence-electron chi connectivity index (χ3n) is 2.73. The molecule has 3 nitrogen and oxygen atoms in total. The van der Waals surface area contributed by atoms with Gasteiger partial charge in [0, 0.05) is 20.8 Å². The number of hydrogen-bond donors (Lipinski definition) is 2. The second-order valence-electron chi connectivity index (χ2n) is 4.39. The summed E-state index contributed by atoms with van der Waals surface area (Å²) in [5.74, 6) is 5.76. The van der Waals surface area contributed by atoms with Crippen LogP contribution in [0.4, 0.5) is 0 Å². The number of rotatable bonds is 4. The molecule has 1 heterocycles. The lowest BCUT2D eigenvalue weighted by molar-refractivity contribution is -0.120. The van der Waals surface area contributed by atoms with Gasteiger partial charge in [-0.15, -0.1) is 11.3 Å². The quantitative estimate of drug-likeness (QED) is 0.851. The highest BCUT2D eigenvalue weighted by Gasteiger charge is 2.04. The molecule has 108 valence electrons. The van der Waals surface area contributed by atoms with Crippen LogP contribution in [-0.2, 0) is 17.8 Å². The number of thiophene rings is 1. The molecule has 0 bridgehead atoms. The first-order chi connectivity index (χ1) is 10.2. The second-order valence-corrected chi connectivity index (χ2v) is 5.82. The zero-order valence-electron chi connectivity index (χ0n) is 11.4. The summed E-state index contributed by atoms with van der Waals surface area (Å²) < 4.78 is 0. The predicted octanol–water partition coefficient (Wildman–Crippen LogP) is 2.57. The Labute approximate surface area is 133 Å². The Morgan fingerprint density at radius 1 is 1.33 bits per heavy atom. The number of nitrogens with two attached hydrogens (primary N) is 1. The SMILES string of the molecule is NCC#Cc1csc(CNC(=O)Cc2ccc(Cl)cc2)c1. The van der Waals surface area contributed by atoms with E-state index in [1.165, 1.54) is 0 Å². The van der Waals surface area contributed by atoms with E-state index in [-0.39, 0.29) is 5.91 Å². The molecule has 0 radical (unpaired) electrons. The summed E-state index contributed by atoms with van der Waals surface area (Å²) in [6.07, 6.45) is 0.350. The number of hydrogen-bond acceptors (Lipinski definition) is 3. The van der Waals surface area contributed by atoms with Crippen molar-refractivity contribution in [3.05, 3.63) is 56.7 Å². The van der Waals surface area contributed by atoms with Crippen LogP contribution in [0.2, 0.25) is 5.02 Å². The maximum atomic E-state index is 11.9. The van der Waals surface area contributed by atoms with Gasteiger partial charge in [0.25, 0.3) is 0 Å². The molecule has 0 unspecified atom stereocenters. The molecule has 0 aliphatic heterocycles. The number of nitrogens with one attached hydrogen (secondary N) is 1. The van der Waals surface area contributed by atoms with Crippen LogP contribution in [0.5, 0.6) is 0 Å². The van der Waals surface area contributed by atoms with E-state index in [4.69, 9.17) is 17.3 Å². The summed E-state index contributed by atoms with van der Waals surface area (Å²) in [6, 6.07) is 9.24. The molecule has 0 saturated carbocycles. The summed E-state index contributed by atoms with van der Waals surface area (Å²) >= 11 is 7.38. The molecule has 0 spiro atoms. The molecule has 1 amide bonds. The van der Waals surface area contributed by atoms with Crippen LogP contribution in [0.25, 0.3) is 0 Å². The van der Waals surface area contributed by atoms with Gasteiger partial charge >= 0.3 is 0 Å². The summed E-state index contributed by atoms with van der Waals surface area (Å²) in [5.41, 5.74) is 7.21. The Morgan fingerprint density at radius 3 is 2.81 bits per heavy atom. The average Bonchev–Trinajstić information content (AvgIpc) is 2.93. The molecule has 0 aliphatic carbocycles. The van der Waals surface area contributed by atoms with E-state index in [2.05, 4.69) is 17.2 Å². The second kappa shape index (κ2) is 7.84. The van der Waals surface area contributed by atoms with E-state index >= 15 is 0 Å². The van der Waals surface area contributed by atoms with Gasteiger partial charge < -0.3 is 11.1 Å². The van der Waals surface area contributed by atoms with Gasteiger partial charge in [0.05, 0.1) is 19.5 Å². The highest BCUT2D eigenvalue weighted by Crippen LogP contribution is 2.14. The van der Waals surface area contributed by atoms with Crippen molar-refractivity contribution >= 4 is 28.8 Å². The number of benzene rings is 1. The third-order valence-corrected chi connectivity index (χ3v) is 3.91. The van der Waals surface area contributed by atoms with Crippen LogP contribution in [0.1, 0.15) is 16.0 Å². The Kier molecular flexibility index (Phi) is 5.82. The first-order valence-corrected chi connectivity index (χ1v) is 7.70. The molecule has 2 aromatic rings. The zero-order valence-corrected chi connectivity index (χ0v) is 12.9. The monoisotopic (exact) mass is 318 g/mol. The van der Waals surface area contributed by atoms with E-state index in [1.54, 1.807) is 23.5 Å². The molecule has 3 N–H and O–H groups in total. The third kappa shape index (κ3) is 5.24. The fourth-order valence-corrected chi connectivity index (χ4v) is 2.61. The molecule has 5 heteroatoms. The van der Waals surface area contributed by atoms with Crippen molar-refractivity contribution in [3.63, 3.8) is 0 Å². The van der Waals surface area contributed by atoms with Crippen molar-refractivity contribution < 1.29 is 4.79 Å². The van der Waals surface area contributed by atoms with Crippen molar-refractivity contribution in [2.24, 2.45) is 5.73 Å². The number of halogens is 1. The summed E-state index contributed by atoms with van der Waals surface area (Å²) in [7, 11) is 0. The van der Waals surface area contributed by atoms with Crippen LogP contribution in [-0.4, -0.2) is 12.5 Å². The normalized spacial score (nSPS) is 9.81. The molecule has 0 aliphatic rings. The van der Waals surface area contributed by atoms with Crippen molar-refractivity contribution in [1.29, 1.82) is 0 Å². The predicted molar refractivity (Wildman–Crippen MR) is 87.3 cm³/mol. The molecule has 1 aromatic heterocycles. The van der Waals surface area contributed by atoms with Crippen LogP contribution >= 0.6 is 22.9 Å². The smallest absolute Gasteiger partial charge is 0.224 e. The molecule has 2 rings (SSSR count). The lowest BCUT2D eigenvalue weighted by Gasteiger charge is -2.04. The van der Waals surface area contributed by atoms with Gasteiger partial charge in [-0.3, -0.25) is 4.79 Å². The van der Waals surface area contributed by atoms with Crippen LogP contribution in [0.15, 0.2) is 35.7 Å². The minimum absolute atomic E-state index is 0.0136. The standard InChI is InChI=1S/C16H15ClN2OS/c17-14-5-3-12(4-6-14)9-16(20)19-10-15-8-13(11-21-15)2-1-7-18/h3-6,8,11H,7,9-10,18H2,(H,19,20). The van der Waals surface area contributed by atoms with Gasteiger partial charge in [0.1, 0.15) is 0 Å². The minimum atomic E-state index is -0.0136.